The van der Waals surface area contributed by atoms with Crippen LogP contribution >= 0.6 is 43.5 Å². The van der Waals surface area contributed by atoms with Crippen molar-refractivity contribution in [2.75, 3.05) is 97.3 Å². The number of likely N-dealkylation sites (N-methyl/N-ethyl adjacent to an activating group) is 1. The molecule has 7 heterocycles. The monoisotopic (exact) mass is 2180 g/mol. The molecule has 0 bridgehead atoms. The molecule has 1 saturated carbocycles. The maximum absolute atomic E-state index is 14.0. The van der Waals surface area contributed by atoms with E-state index in [1.165, 1.54) is 61.6 Å². The van der Waals surface area contributed by atoms with E-state index >= 15 is 0 Å². The summed E-state index contributed by atoms with van der Waals surface area (Å²) in [5.74, 6) is -3.37. The van der Waals surface area contributed by atoms with E-state index in [1.807, 2.05) is 208 Å². The summed E-state index contributed by atoms with van der Waals surface area (Å²) in [5, 5.41) is 0.412. The fourth-order valence-electron chi connectivity index (χ4n) is 20.2. The third kappa shape index (κ3) is 20.8. The standard InChI is InChI=1S/C18H17NO4.C17H16BrNO.C17H17NO3.C17H17NO.C16H11BrF3NO2.C16H14ClNO2.C16H18F3NO2.CH4/c1-3-22-17(21)18(13-9-5-4-6-10-13)19(2)15-12-8-7-11-14(15)16(20)23-18;1-17(12-6-4-3-5-7-12)11-16(20)14-10-13(18)8-9-15(14)19(17)2;1-17(12-7-5-4-6-8-12)18(2)15-11-13(20-3)9-10-14(15)16(19)21-17;1-17(13-8-4-3-5-9-13)12-16(19)14-10-6-7-11-15(14)18(17)2;1-21-13-9-5-2-6-10(13)14(22)23-15(21,16(18,19)20)11-7-3-4-8-12(11)17;1-16(11-7-4-3-5-8-11)18(2)13-10-6-9-12(17)14(13)15(19)20-16;1-20-13-10-6-5-9-12(13)14(21)22-15(20,16(17,18)19)11-7-3-2-4-8-11;/h4-12H,3H2,1-2H3;3-10H,11H2,1-2H3;4-11H,1-3H3;3-11H,12H2,1-2H3;2-9H,1H3;3-10H,1-2H3;5-6,9-11H,2-4,7-8H2,1H3;1H4/t18-;3*17-;15-;16-;15-;/m0111010./s1. The highest BCUT2D eigenvalue weighted by molar-refractivity contribution is 9.10. The molecule has 774 valence electrons. The normalized spacial score (nSPS) is 21.7. The molecule has 0 amide bonds. The molecule has 13 aromatic rings. The zero-order chi connectivity index (χ0) is 106. The van der Waals surface area contributed by atoms with E-state index in [4.69, 9.17) is 44.8 Å². The van der Waals surface area contributed by atoms with Crippen molar-refractivity contribution >= 4 is 131 Å². The highest BCUT2D eigenvalue weighted by Gasteiger charge is 2.69. The van der Waals surface area contributed by atoms with Crippen molar-refractivity contribution in [3.05, 3.63) is 414 Å². The van der Waals surface area contributed by atoms with Crippen LogP contribution < -0.4 is 39.0 Å². The Balaban J connectivity index is 0.000000137. The van der Waals surface area contributed by atoms with Crippen molar-refractivity contribution in [2.45, 2.75) is 139 Å². The molecule has 0 N–H and O–H groups in total. The molecule has 1 fully saturated rings. The summed E-state index contributed by atoms with van der Waals surface area (Å²) < 4.78 is 123. The Labute approximate surface area is 884 Å². The number of rotatable bonds is 10. The third-order valence-corrected chi connectivity index (χ3v) is 30.3. The lowest BCUT2D eigenvalue weighted by molar-refractivity contribution is -0.281. The molecule has 0 saturated heterocycles. The lowest BCUT2D eigenvalue weighted by Crippen LogP contribution is -2.67. The first kappa shape index (κ1) is 110. The van der Waals surface area contributed by atoms with Gasteiger partial charge < -0.3 is 67.5 Å². The Morgan fingerprint density at radius 3 is 1.25 bits per heavy atom. The van der Waals surface area contributed by atoms with Gasteiger partial charge in [-0.3, -0.25) is 9.59 Å². The Morgan fingerprint density at radius 1 is 0.376 bits per heavy atom. The van der Waals surface area contributed by atoms with Gasteiger partial charge in [0, 0.05) is 128 Å². The number of cyclic esters (lactones) is 5. The van der Waals surface area contributed by atoms with Crippen LogP contribution in [0.15, 0.2) is 337 Å². The number of ketones is 2. The summed E-state index contributed by atoms with van der Waals surface area (Å²) in [6, 6.07) is 98.5. The molecule has 0 unspecified atom stereocenters. The quantitative estimate of drug-likeness (QED) is 0.0705. The third-order valence-electron chi connectivity index (χ3n) is 28.8. The van der Waals surface area contributed by atoms with Crippen molar-refractivity contribution in [1.29, 1.82) is 0 Å². The molecule has 8 aliphatic rings. The van der Waals surface area contributed by atoms with E-state index in [9.17, 15) is 64.7 Å². The molecule has 7 aliphatic heterocycles. The molecule has 0 aromatic heterocycles. The van der Waals surface area contributed by atoms with Crippen molar-refractivity contribution in [3.63, 3.8) is 0 Å². The van der Waals surface area contributed by atoms with Crippen LogP contribution in [-0.4, -0.2) is 129 Å². The minimum Gasteiger partial charge on any atom is -0.497 e. The lowest BCUT2D eigenvalue weighted by atomic mass is 9.79. The number of carbonyl (C=O) groups is 8. The summed E-state index contributed by atoms with van der Waals surface area (Å²) in [4.78, 5) is 111. The van der Waals surface area contributed by atoms with Gasteiger partial charge in [0.1, 0.15) is 11.3 Å². The summed E-state index contributed by atoms with van der Waals surface area (Å²) >= 11 is 12.7. The molecule has 0 radical (unpaired) electrons. The zero-order valence-corrected chi connectivity index (χ0v) is 87.5. The van der Waals surface area contributed by atoms with Crippen LogP contribution in [-0.2, 0) is 67.2 Å². The van der Waals surface area contributed by atoms with Gasteiger partial charge in [-0.15, -0.1) is 0 Å². The smallest absolute Gasteiger partial charge is 0.453 e. The predicted molar refractivity (Wildman–Crippen MR) is 572 cm³/mol. The maximum Gasteiger partial charge on any atom is 0.453 e. The van der Waals surface area contributed by atoms with Crippen LogP contribution in [0, 0.1) is 5.92 Å². The van der Waals surface area contributed by atoms with Gasteiger partial charge in [0.05, 0.1) is 80.5 Å². The number of hydrogen-bond donors (Lipinski definition) is 0. The molecule has 7 atom stereocenters. The molecular formula is C118H114Br2ClF6N7O15. The lowest BCUT2D eigenvalue weighted by Gasteiger charge is -2.51. The second kappa shape index (κ2) is 44.7. The van der Waals surface area contributed by atoms with E-state index in [0.29, 0.717) is 64.4 Å². The Kier molecular flexibility index (Phi) is 33.0. The van der Waals surface area contributed by atoms with Crippen molar-refractivity contribution in [1.82, 2.24) is 0 Å². The van der Waals surface area contributed by atoms with E-state index < -0.39 is 76.7 Å². The minimum absolute atomic E-state index is 0. The van der Waals surface area contributed by atoms with Crippen LogP contribution in [0.4, 0.5) is 66.2 Å². The number of benzene rings is 13. The number of esters is 6. The van der Waals surface area contributed by atoms with Crippen LogP contribution in [0.1, 0.15) is 193 Å². The number of halogens is 9. The summed E-state index contributed by atoms with van der Waals surface area (Å²) in [7, 11) is 13.9. The molecule has 31 heteroatoms. The van der Waals surface area contributed by atoms with E-state index in [0.717, 1.165) is 78.5 Å². The SMILES string of the molecule is C.CCOC(=O)[C@]1(c2ccccc2)OC(=O)c2ccccc2N1C.CN1c2ccc(Br)cc2C(=O)C[C@]1(C)c1ccccc1.CN1c2cccc(Cl)c2C(=O)O[C@]1(C)c1ccccc1.CN1c2ccccc2C(=O)C[C@]1(C)c1ccccc1.CN1c2ccccc2C(=O)O[C@@]1(C1CCCCC1)C(F)(F)F.CN1c2ccccc2C(=O)O[C@@]1(c1ccccc1Br)C(F)(F)F.COc1ccc2c(c1)N(C)[C@@](C)(c1ccccc1)OC2=O. The van der Waals surface area contributed by atoms with E-state index in [1.54, 1.807) is 123 Å². The largest absolute Gasteiger partial charge is 0.497 e. The van der Waals surface area contributed by atoms with Crippen molar-refractivity contribution in [2.24, 2.45) is 5.92 Å². The number of para-hydroxylation sites is 4. The molecule has 13 aromatic carbocycles. The number of carbonyl (C=O) groups excluding carboxylic acids is 8. The molecular weight excluding hydrogens is 2060 g/mol. The molecule has 22 nitrogen and oxygen atoms in total. The number of methoxy groups -OCH3 is 1. The van der Waals surface area contributed by atoms with Crippen molar-refractivity contribution < 1.29 is 97.9 Å². The topological polar surface area (TPSA) is 224 Å². The second-order valence-corrected chi connectivity index (χ2v) is 39.3. The van der Waals surface area contributed by atoms with Crippen molar-refractivity contribution in [3.8, 4) is 5.75 Å². The number of anilines is 7. The average molecular weight is 2180 g/mol. The summed E-state index contributed by atoms with van der Waals surface area (Å²) in [6.45, 7) is 9.95. The Morgan fingerprint density at radius 2 is 0.765 bits per heavy atom. The van der Waals surface area contributed by atoms with E-state index in [2.05, 4.69) is 93.9 Å². The van der Waals surface area contributed by atoms with Gasteiger partial charge in [-0.25, -0.2) is 28.8 Å². The number of ether oxygens (including phenoxy) is 7. The number of nitrogens with zero attached hydrogens (tertiary/aromatic N) is 7. The van der Waals surface area contributed by atoms with Crippen LogP contribution in [0.25, 0.3) is 0 Å². The fourth-order valence-corrected chi connectivity index (χ4v) is 21.4. The number of Topliss-reactive ketones (excluding diaryl/α,β-unsaturated/α-hetero) is 2. The Hall–Kier alpha value is -14.8. The average Bonchev–Trinajstić information content (AvgIpc) is 0.754. The first-order valence-electron chi connectivity index (χ1n) is 47.9. The van der Waals surface area contributed by atoms with Gasteiger partial charge in [-0.1, -0.05) is 295 Å². The predicted octanol–water partition coefficient (Wildman–Crippen LogP) is 27.0. The molecule has 149 heavy (non-hydrogen) atoms. The first-order chi connectivity index (χ1) is 70.5. The highest BCUT2D eigenvalue weighted by atomic mass is 79.9. The summed E-state index contributed by atoms with van der Waals surface area (Å²) in [6.07, 6.45) is -5.24. The summed E-state index contributed by atoms with van der Waals surface area (Å²) in [5.41, 5.74) is 3.22. The number of alkyl halides is 6. The van der Waals surface area contributed by atoms with Crippen LogP contribution in [0.3, 0.4) is 0 Å². The fraction of sp³-hybridized carbons (Fsp3) is 0.271. The van der Waals surface area contributed by atoms with Crippen LogP contribution in [0.2, 0.25) is 5.02 Å². The van der Waals surface area contributed by atoms with Gasteiger partial charge in [-0.05, 0) is 156 Å². The van der Waals surface area contributed by atoms with E-state index in [-0.39, 0.29) is 75.2 Å². The van der Waals surface area contributed by atoms with Gasteiger partial charge in [0.15, 0.2) is 11.6 Å². The van der Waals surface area contributed by atoms with Gasteiger partial charge in [0.25, 0.3) is 5.72 Å². The minimum atomic E-state index is -4.84. The zero-order valence-electron chi connectivity index (χ0n) is 83.6. The number of hydrogen-bond acceptors (Lipinski definition) is 22. The Bertz CT molecular complexity index is 7110. The van der Waals surface area contributed by atoms with Gasteiger partial charge in [-0.2, -0.15) is 26.3 Å². The molecule has 21 rings (SSSR count). The number of fused-ring (bicyclic) bond motifs is 7. The highest BCUT2D eigenvalue weighted by Crippen LogP contribution is 2.56. The second-order valence-electron chi connectivity index (χ2n) is 37.2. The first-order valence-corrected chi connectivity index (χ1v) is 49.8. The van der Waals surface area contributed by atoms with Gasteiger partial charge in [0.2, 0.25) is 11.4 Å². The molecule has 0 spiro atoms. The van der Waals surface area contributed by atoms with Gasteiger partial charge >= 0.3 is 59.6 Å². The molecule has 1 aliphatic carbocycles. The maximum atomic E-state index is 14.0. The van der Waals surface area contributed by atoms with Crippen LogP contribution in [0.5, 0.6) is 5.75 Å².